The number of hydrogen-bond acceptors (Lipinski definition) is 4. The second-order valence-electron chi connectivity index (χ2n) is 7.33. The molecular weight excluding hydrogens is 344 g/mol. The Balaban J connectivity index is 1.82. The highest BCUT2D eigenvalue weighted by atomic mass is 16.3. The molecule has 0 spiro atoms. The van der Waals surface area contributed by atoms with Crippen molar-refractivity contribution in [2.24, 2.45) is 5.92 Å². The van der Waals surface area contributed by atoms with Gasteiger partial charge in [0.15, 0.2) is 0 Å². The van der Waals surface area contributed by atoms with Crippen molar-refractivity contribution in [2.45, 2.75) is 53.6 Å². The van der Waals surface area contributed by atoms with Gasteiger partial charge in [0.05, 0.1) is 25.0 Å². The van der Waals surface area contributed by atoms with E-state index in [0.29, 0.717) is 31.1 Å². The van der Waals surface area contributed by atoms with Crippen LogP contribution >= 0.6 is 0 Å². The van der Waals surface area contributed by atoms with E-state index in [1.807, 2.05) is 18.5 Å². The standard InChI is InChI=1S/C20H30N4O3/c1-14(2)12-24-16(4)18(15(3)22-24)8-9-20(26)23(5)13-19(25)21-11-17-7-6-10-27-17/h6-7,10,14H,8-9,11-13H2,1-5H3,(H,21,25). The van der Waals surface area contributed by atoms with Crippen molar-refractivity contribution in [3.63, 3.8) is 0 Å². The highest BCUT2D eigenvalue weighted by molar-refractivity contribution is 5.84. The van der Waals surface area contributed by atoms with Gasteiger partial charge in [-0.2, -0.15) is 5.10 Å². The van der Waals surface area contributed by atoms with Crippen LogP contribution in [0.3, 0.4) is 0 Å². The molecular formula is C20H30N4O3. The molecule has 0 bridgehead atoms. The van der Waals surface area contributed by atoms with E-state index >= 15 is 0 Å². The first kappa shape index (κ1) is 20.7. The van der Waals surface area contributed by atoms with Crippen LogP contribution in [0.1, 0.15) is 43.0 Å². The Kier molecular flexibility index (Phi) is 7.21. The van der Waals surface area contributed by atoms with Gasteiger partial charge in [-0.3, -0.25) is 14.3 Å². The minimum atomic E-state index is -0.209. The first-order valence-electron chi connectivity index (χ1n) is 9.33. The molecule has 148 valence electrons. The number of rotatable bonds is 9. The highest BCUT2D eigenvalue weighted by Gasteiger charge is 2.17. The first-order valence-corrected chi connectivity index (χ1v) is 9.33. The molecule has 7 nitrogen and oxygen atoms in total. The number of aryl methyl sites for hydroxylation is 1. The number of likely N-dealkylation sites (N-methyl/N-ethyl adjacent to an activating group) is 1. The van der Waals surface area contributed by atoms with Gasteiger partial charge in [0.25, 0.3) is 0 Å². The fraction of sp³-hybridized carbons (Fsp3) is 0.550. The maximum absolute atomic E-state index is 12.4. The third kappa shape index (κ3) is 5.98. The molecule has 2 aromatic rings. The predicted molar refractivity (Wildman–Crippen MR) is 103 cm³/mol. The fourth-order valence-corrected chi connectivity index (χ4v) is 3.00. The molecule has 2 aromatic heterocycles. The van der Waals surface area contributed by atoms with Crippen molar-refractivity contribution in [3.05, 3.63) is 41.1 Å². The van der Waals surface area contributed by atoms with E-state index in [-0.39, 0.29) is 18.4 Å². The molecule has 0 fully saturated rings. The van der Waals surface area contributed by atoms with E-state index in [0.717, 1.165) is 23.5 Å². The summed E-state index contributed by atoms with van der Waals surface area (Å²) in [5.74, 6) is 0.933. The average Bonchev–Trinajstić information content (AvgIpc) is 3.20. The van der Waals surface area contributed by atoms with E-state index in [2.05, 4.69) is 24.3 Å². The van der Waals surface area contributed by atoms with Crippen molar-refractivity contribution in [3.8, 4) is 0 Å². The molecule has 0 aliphatic heterocycles. The Morgan fingerprint density at radius 2 is 2.07 bits per heavy atom. The average molecular weight is 374 g/mol. The number of aromatic nitrogens is 2. The molecule has 0 unspecified atom stereocenters. The molecule has 1 N–H and O–H groups in total. The summed E-state index contributed by atoms with van der Waals surface area (Å²) in [6.07, 6.45) is 2.55. The molecule has 0 aliphatic carbocycles. The van der Waals surface area contributed by atoms with Crippen LogP contribution in [0.5, 0.6) is 0 Å². The smallest absolute Gasteiger partial charge is 0.239 e. The zero-order chi connectivity index (χ0) is 20.0. The van der Waals surface area contributed by atoms with Gasteiger partial charge in [0.2, 0.25) is 11.8 Å². The molecule has 7 heteroatoms. The van der Waals surface area contributed by atoms with Crippen LogP contribution in [0.4, 0.5) is 0 Å². The fourth-order valence-electron chi connectivity index (χ4n) is 3.00. The van der Waals surface area contributed by atoms with E-state index < -0.39 is 0 Å². The quantitative estimate of drug-likeness (QED) is 0.731. The molecule has 2 amide bonds. The Morgan fingerprint density at radius 1 is 1.33 bits per heavy atom. The molecule has 0 radical (unpaired) electrons. The van der Waals surface area contributed by atoms with Gasteiger partial charge >= 0.3 is 0 Å². The largest absolute Gasteiger partial charge is 0.467 e. The van der Waals surface area contributed by atoms with E-state index in [1.54, 1.807) is 25.4 Å². The lowest BCUT2D eigenvalue weighted by atomic mass is 10.1. The van der Waals surface area contributed by atoms with E-state index in [9.17, 15) is 9.59 Å². The van der Waals surface area contributed by atoms with Gasteiger partial charge in [0, 0.05) is 25.7 Å². The predicted octanol–water partition coefficient (Wildman–Crippen LogP) is 2.46. The Bertz CT molecular complexity index is 763. The lowest BCUT2D eigenvalue weighted by molar-refractivity contribution is -0.134. The van der Waals surface area contributed by atoms with Crippen LogP contribution in [0.25, 0.3) is 0 Å². The number of nitrogens with one attached hydrogen (secondary N) is 1. The minimum Gasteiger partial charge on any atom is -0.467 e. The van der Waals surface area contributed by atoms with Crippen molar-refractivity contribution in [1.82, 2.24) is 20.0 Å². The van der Waals surface area contributed by atoms with E-state index in [4.69, 9.17) is 4.42 Å². The summed E-state index contributed by atoms with van der Waals surface area (Å²) in [7, 11) is 1.65. The van der Waals surface area contributed by atoms with Crippen molar-refractivity contribution < 1.29 is 14.0 Å². The van der Waals surface area contributed by atoms with Gasteiger partial charge < -0.3 is 14.6 Å². The third-order valence-corrected chi connectivity index (χ3v) is 4.50. The molecule has 27 heavy (non-hydrogen) atoms. The molecule has 0 saturated heterocycles. The normalized spacial score (nSPS) is 11.0. The van der Waals surface area contributed by atoms with Crippen LogP contribution < -0.4 is 5.32 Å². The van der Waals surface area contributed by atoms with Gasteiger partial charge in [-0.25, -0.2) is 0 Å². The maximum atomic E-state index is 12.4. The molecule has 0 saturated carbocycles. The van der Waals surface area contributed by atoms with Crippen LogP contribution in [-0.4, -0.2) is 40.1 Å². The van der Waals surface area contributed by atoms with Crippen LogP contribution in [0.15, 0.2) is 22.8 Å². The summed E-state index contributed by atoms with van der Waals surface area (Å²) >= 11 is 0. The Labute approximate surface area is 160 Å². The van der Waals surface area contributed by atoms with Gasteiger partial charge in [-0.15, -0.1) is 0 Å². The van der Waals surface area contributed by atoms with Crippen molar-refractivity contribution in [2.75, 3.05) is 13.6 Å². The maximum Gasteiger partial charge on any atom is 0.239 e. The summed E-state index contributed by atoms with van der Waals surface area (Å²) in [4.78, 5) is 25.8. The molecule has 0 aliphatic rings. The van der Waals surface area contributed by atoms with E-state index in [1.165, 1.54) is 4.90 Å². The molecule has 2 heterocycles. The van der Waals surface area contributed by atoms with Gasteiger partial charge in [-0.05, 0) is 43.9 Å². The second kappa shape index (κ2) is 9.39. The molecule has 2 rings (SSSR count). The topological polar surface area (TPSA) is 80.4 Å². The van der Waals surface area contributed by atoms with Crippen LogP contribution in [0, 0.1) is 19.8 Å². The highest BCUT2D eigenvalue weighted by Crippen LogP contribution is 2.17. The minimum absolute atomic E-state index is 0.0319. The summed E-state index contributed by atoms with van der Waals surface area (Å²) in [5, 5.41) is 7.33. The molecule has 0 aromatic carbocycles. The van der Waals surface area contributed by atoms with Crippen LogP contribution in [-0.2, 0) is 29.1 Å². The monoisotopic (exact) mass is 374 g/mol. The van der Waals surface area contributed by atoms with Gasteiger partial charge in [-0.1, -0.05) is 13.8 Å². The summed E-state index contributed by atoms with van der Waals surface area (Å²) < 4.78 is 7.19. The van der Waals surface area contributed by atoms with Crippen LogP contribution in [0.2, 0.25) is 0 Å². The Hall–Kier alpha value is -2.57. The summed E-state index contributed by atoms with van der Waals surface area (Å²) in [6.45, 7) is 9.57. The second-order valence-corrected chi connectivity index (χ2v) is 7.33. The van der Waals surface area contributed by atoms with Crippen molar-refractivity contribution in [1.29, 1.82) is 0 Å². The summed E-state index contributed by atoms with van der Waals surface area (Å²) in [6, 6.07) is 3.56. The first-order chi connectivity index (χ1) is 12.8. The zero-order valence-corrected chi connectivity index (χ0v) is 16.9. The molecule has 0 atom stereocenters. The Morgan fingerprint density at radius 3 is 2.70 bits per heavy atom. The van der Waals surface area contributed by atoms with Crippen molar-refractivity contribution >= 4 is 11.8 Å². The number of amides is 2. The zero-order valence-electron chi connectivity index (χ0n) is 16.9. The number of carbonyl (C=O) groups is 2. The SMILES string of the molecule is Cc1nn(CC(C)C)c(C)c1CCC(=O)N(C)CC(=O)NCc1ccco1. The number of hydrogen-bond donors (Lipinski definition) is 1. The lowest BCUT2D eigenvalue weighted by Crippen LogP contribution is -2.38. The van der Waals surface area contributed by atoms with Gasteiger partial charge in [0.1, 0.15) is 5.76 Å². The number of furan rings is 1. The number of carbonyl (C=O) groups excluding carboxylic acids is 2. The third-order valence-electron chi connectivity index (χ3n) is 4.50. The lowest BCUT2D eigenvalue weighted by Gasteiger charge is -2.16. The number of nitrogens with zero attached hydrogens (tertiary/aromatic N) is 3. The summed E-state index contributed by atoms with van der Waals surface area (Å²) in [5.41, 5.74) is 3.22.